The molecule has 0 aromatic heterocycles. The average Bonchev–Trinajstić information content (AvgIpc) is 2.84. The monoisotopic (exact) mass is 447 g/mol. The van der Waals surface area contributed by atoms with Crippen LogP contribution in [0.4, 0.5) is 0 Å². The molecule has 1 fully saturated rings. The van der Waals surface area contributed by atoms with Crippen LogP contribution in [0.25, 0.3) is 0 Å². The van der Waals surface area contributed by atoms with Crippen LogP contribution in [0.3, 0.4) is 0 Å². The Morgan fingerprint density at radius 3 is 2.42 bits per heavy atom. The molecule has 0 saturated carbocycles. The van der Waals surface area contributed by atoms with E-state index in [1.54, 1.807) is 0 Å². The molecule has 0 spiro atoms. The summed E-state index contributed by atoms with van der Waals surface area (Å²) in [6, 6.07) is 16.2. The molecule has 4 rings (SSSR count). The number of hydrogen-bond donors (Lipinski definition) is 1. The summed E-state index contributed by atoms with van der Waals surface area (Å²) in [4.78, 5) is 30.8. The van der Waals surface area contributed by atoms with Crippen molar-refractivity contribution in [2.45, 2.75) is 58.5 Å². The van der Waals surface area contributed by atoms with Gasteiger partial charge in [0.2, 0.25) is 11.8 Å². The molecule has 2 aliphatic rings. The molecule has 5 heteroatoms. The van der Waals surface area contributed by atoms with E-state index in [1.165, 1.54) is 11.1 Å². The highest BCUT2D eigenvalue weighted by Gasteiger charge is 2.37. The quantitative estimate of drug-likeness (QED) is 0.719. The van der Waals surface area contributed by atoms with Crippen molar-refractivity contribution in [3.05, 3.63) is 70.8 Å². The van der Waals surface area contributed by atoms with Crippen LogP contribution in [0.2, 0.25) is 0 Å². The predicted octanol–water partition coefficient (Wildman–Crippen LogP) is 4.28. The number of carbonyl (C=O) groups excluding carboxylic acids is 2. The van der Waals surface area contributed by atoms with Gasteiger partial charge in [0.15, 0.2) is 0 Å². The Hall–Kier alpha value is -2.66. The average molecular weight is 448 g/mol. The van der Waals surface area contributed by atoms with E-state index >= 15 is 0 Å². The van der Waals surface area contributed by atoms with Gasteiger partial charge in [-0.25, -0.2) is 0 Å². The second-order valence-corrected chi connectivity index (χ2v) is 9.71. The first kappa shape index (κ1) is 23.5. The highest BCUT2D eigenvalue weighted by atomic mass is 16.2. The molecule has 2 aliphatic heterocycles. The van der Waals surface area contributed by atoms with Crippen LogP contribution in [0, 0.1) is 5.92 Å². The number of carbonyl (C=O) groups is 2. The zero-order valence-electron chi connectivity index (χ0n) is 20.2. The summed E-state index contributed by atoms with van der Waals surface area (Å²) < 4.78 is 0. The molecule has 2 aromatic rings. The molecule has 33 heavy (non-hydrogen) atoms. The second-order valence-electron chi connectivity index (χ2n) is 9.71. The molecule has 0 aliphatic carbocycles. The summed E-state index contributed by atoms with van der Waals surface area (Å²) >= 11 is 0. The fourth-order valence-corrected chi connectivity index (χ4v) is 5.08. The second kappa shape index (κ2) is 10.5. The minimum Gasteiger partial charge on any atom is -0.348 e. The van der Waals surface area contributed by atoms with E-state index in [4.69, 9.17) is 0 Å². The fraction of sp³-hybridized carbons (Fsp3) is 0.500. The van der Waals surface area contributed by atoms with Gasteiger partial charge in [0.1, 0.15) is 6.04 Å². The van der Waals surface area contributed by atoms with Crippen molar-refractivity contribution in [2.75, 3.05) is 26.2 Å². The lowest BCUT2D eigenvalue weighted by molar-refractivity contribution is -0.140. The van der Waals surface area contributed by atoms with E-state index in [-0.39, 0.29) is 30.4 Å². The molecule has 1 N–H and O–H groups in total. The first-order valence-electron chi connectivity index (χ1n) is 12.4. The van der Waals surface area contributed by atoms with Gasteiger partial charge in [-0.3, -0.25) is 14.5 Å². The number of nitrogens with zero attached hydrogens (tertiary/aromatic N) is 2. The summed E-state index contributed by atoms with van der Waals surface area (Å²) in [5.74, 6) is 0.777. The maximum absolute atomic E-state index is 13.7. The lowest BCUT2D eigenvalue weighted by Crippen LogP contribution is -2.50. The Kier molecular flexibility index (Phi) is 7.49. The molecule has 2 atom stereocenters. The van der Waals surface area contributed by atoms with E-state index in [0.29, 0.717) is 12.5 Å². The largest absolute Gasteiger partial charge is 0.348 e. The summed E-state index contributed by atoms with van der Waals surface area (Å²) in [6.45, 7) is 8.97. The number of fused-ring (bicyclic) bond motifs is 1. The van der Waals surface area contributed by atoms with Gasteiger partial charge < -0.3 is 10.2 Å². The molecule has 176 valence electrons. The minimum atomic E-state index is -0.381. The van der Waals surface area contributed by atoms with E-state index < -0.39 is 0 Å². The van der Waals surface area contributed by atoms with Crippen molar-refractivity contribution >= 4 is 11.8 Å². The van der Waals surface area contributed by atoms with Crippen LogP contribution >= 0.6 is 0 Å². The third-order valence-electron chi connectivity index (χ3n) is 7.32. The van der Waals surface area contributed by atoms with Gasteiger partial charge in [0.25, 0.3) is 0 Å². The molecule has 0 radical (unpaired) electrons. The summed E-state index contributed by atoms with van der Waals surface area (Å²) in [5.41, 5.74) is 4.67. The van der Waals surface area contributed by atoms with Crippen LogP contribution in [-0.2, 0) is 22.4 Å². The Morgan fingerprint density at radius 2 is 1.73 bits per heavy atom. The first-order chi connectivity index (χ1) is 16.0. The van der Waals surface area contributed by atoms with Gasteiger partial charge in [-0.1, -0.05) is 62.4 Å². The van der Waals surface area contributed by atoms with Gasteiger partial charge in [0, 0.05) is 19.6 Å². The van der Waals surface area contributed by atoms with Crippen LogP contribution in [0.15, 0.2) is 48.5 Å². The maximum Gasteiger partial charge on any atom is 0.244 e. The highest BCUT2D eigenvalue weighted by molar-refractivity contribution is 5.86. The Balaban J connectivity index is 1.47. The number of nitrogens with one attached hydrogen (secondary N) is 1. The third kappa shape index (κ3) is 5.47. The lowest BCUT2D eigenvalue weighted by atomic mass is 9.90. The molecule has 2 heterocycles. The zero-order valence-corrected chi connectivity index (χ0v) is 20.2. The van der Waals surface area contributed by atoms with Crippen LogP contribution in [0.1, 0.15) is 68.0 Å². The smallest absolute Gasteiger partial charge is 0.244 e. The van der Waals surface area contributed by atoms with Gasteiger partial charge in [-0.05, 0) is 60.8 Å². The summed E-state index contributed by atoms with van der Waals surface area (Å²) in [6.07, 6.45) is 3.96. The summed E-state index contributed by atoms with van der Waals surface area (Å²) in [7, 11) is 0. The zero-order chi connectivity index (χ0) is 23.4. The Morgan fingerprint density at radius 1 is 1.03 bits per heavy atom. The molecule has 0 unspecified atom stereocenters. The molecule has 2 amide bonds. The van der Waals surface area contributed by atoms with E-state index in [9.17, 15) is 9.59 Å². The molecule has 2 aromatic carbocycles. The predicted molar refractivity (Wildman–Crippen MR) is 132 cm³/mol. The van der Waals surface area contributed by atoms with E-state index in [0.717, 1.165) is 49.9 Å². The minimum absolute atomic E-state index is 0.0356. The fourth-order valence-electron chi connectivity index (χ4n) is 5.08. The van der Waals surface area contributed by atoms with Crippen LogP contribution < -0.4 is 5.32 Å². The molecular weight excluding hydrogens is 410 g/mol. The summed E-state index contributed by atoms with van der Waals surface area (Å²) in [5, 5.41) is 3.14. The molecule has 0 bridgehead atoms. The number of hydrogen-bond acceptors (Lipinski definition) is 3. The van der Waals surface area contributed by atoms with E-state index in [2.05, 4.69) is 60.5 Å². The Labute approximate surface area is 198 Å². The van der Waals surface area contributed by atoms with Crippen molar-refractivity contribution in [1.29, 1.82) is 0 Å². The third-order valence-corrected chi connectivity index (χ3v) is 7.32. The maximum atomic E-state index is 13.7. The lowest BCUT2D eigenvalue weighted by Gasteiger charge is -2.40. The SMILES string of the molecule is CCc1ccc([C@H](C)NC(=O)CN2CCc3ccccc3[C@@H]2C(=O)N2CCC(C)CC2)cc1. The molecule has 1 saturated heterocycles. The topological polar surface area (TPSA) is 52.7 Å². The first-order valence-corrected chi connectivity index (χ1v) is 12.4. The molecular formula is C28H37N3O2. The van der Waals surface area contributed by atoms with Crippen molar-refractivity contribution in [2.24, 2.45) is 5.92 Å². The van der Waals surface area contributed by atoms with Crippen LogP contribution in [0.5, 0.6) is 0 Å². The number of rotatable bonds is 6. The number of likely N-dealkylation sites (tertiary alicyclic amines) is 1. The Bertz CT molecular complexity index is 963. The number of benzene rings is 2. The van der Waals surface area contributed by atoms with Gasteiger partial charge in [-0.2, -0.15) is 0 Å². The van der Waals surface area contributed by atoms with Gasteiger partial charge in [-0.15, -0.1) is 0 Å². The molecule has 5 nitrogen and oxygen atoms in total. The van der Waals surface area contributed by atoms with Gasteiger partial charge in [0.05, 0.1) is 12.6 Å². The van der Waals surface area contributed by atoms with Gasteiger partial charge >= 0.3 is 0 Å². The normalized spacial score (nSPS) is 20.2. The highest BCUT2D eigenvalue weighted by Crippen LogP contribution is 2.32. The van der Waals surface area contributed by atoms with Crippen molar-refractivity contribution in [3.8, 4) is 0 Å². The van der Waals surface area contributed by atoms with Crippen molar-refractivity contribution in [3.63, 3.8) is 0 Å². The standard InChI is InChI=1S/C28H37N3O2/c1-4-22-9-11-23(12-10-22)21(3)29-26(32)19-31-18-15-24-7-5-6-8-25(24)27(31)28(33)30-16-13-20(2)14-17-30/h5-12,20-21,27H,4,13-19H2,1-3H3,(H,29,32)/t21-,27+/m0/s1. The van der Waals surface area contributed by atoms with Crippen LogP contribution in [-0.4, -0.2) is 47.8 Å². The number of piperidine rings is 1. The number of aryl methyl sites for hydroxylation is 1. The number of amides is 2. The van der Waals surface area contributed by atoms with Crippen molar-refractivity contribution < 1.29 is 9.59 Å². The van der Waals surface area contributed by atoms with Crippen molar-refractivity contribution in [1.82, 2.24) is 15.1 Å². The van der Waals surface area contributed by atoms with E-state index in [1.807, 2.05) is 24.0 Å².